The van der Waals surface area contributed by atoms with E-state index in [1.54, 1.807) is 110 Å². The average molecular weight is 460 g/mol. The minimum Gasteiger partial charge on any atom is -0.457 e. The lowest BCUT2D eigenvalue weighted by Crippen LogP contribution is -2.01. The van der Waals surface area contributed by atoms with Gasteiger partial charge in [-0.3, -0.25) is 9.59 Å². The Bertz CT molecular complexity index is 1320. The van der Waals surface area contributed by atoms with Gasteiger partial charge in [-0.2, -0.15) is 0 Å². The van der Waals surface area contributed by atoms with E-state index >= 15 is 0 Å². The fourth-order valence-electron chi connectivity index (χ4n) is 3.27. The number of nitriles is 2. The quantitative estimate of drug-likeness (QED) is 0.246. The van der Waals surface area contributed by atoms with E-state index in [9.17, 15) is 9.59 Å². The van der Waals surface area contributed by atoms with Gasteiger partial charge in [0.2, 0.25) is 0 Å². The molecule has 0 N–H and O–H groups in total. The number of rotatable bonds is 8. The molecule has 0 unspecified atom stereocenters. The van der Waals surface area contributed by atoms with Crippen molar-refractivity contribution in [1.82, 2.24) is 0 Å². The first kappa shape index (κ1) is 22.8. The van der Waals surface area contributed by atoms with Crippen molar-refractivity contribution in [2.24, 2.45) is 0 Å². The maximum absolute atomic E-state index is 12.7. The Morgan fingerprint density at radius 2 is 0.714 bits per heavy atom. The van der Waals surface area contributed by atoms with Crippen LogP contribution in [-0.4, -0.2) is 11.6 Å². The third-order valence-electron chi connectivity index (χ3n) is 5.03. The van der Waals surface area contributed by atoms with Crippen molar-refractivity contribution in [3.05, 3.63) is 119 Å². The summed E-state index contributed by atoms with van der Waals surface area (Å²) < 4.78 is 15.3. The van der Waals surface area contributed by atoms with Gasteiger partial charge < -0.3 is 14.2 Å². The monoisotopic (exact) mass is 460 g/mol. The summed E-state index contributed by atoms with van der Waals surface area (Å²) in [7, 11) is 0. The Kier molecular flexibility index (Phi) is 6.82. The summed E-state index contributed by atoms with van der Waals surface area (Å²) in [4.78, 5) is 25.3. The lowest BCUT2D eigenvalue weighted by Gasteiger charge is -2.08. The van der Waals surface area contributed by atoms with Crippen LogP contribution < -0.4 is 14.2 Å². The smallest absolute Gasteiger partial charge is 0.292 e. The summed E-state index contributed by atoms with van der Waals surface area (Å²) in [5.41, 5.74) is 1.91. The molecule has 0 aromatic heterocycles. The van der Waals surface area contributed by atoms with Crippen LogP contribution in [0, 0.1) is 23.0 Å². The van der Waals surface area contributed by atoms with Crippen molar-refractivity contribution < 1.29 is 23.8 Å². The lowest BCUT2D eigenvalue weighted by atomic mass is 10.0. The van der Waals surface area contributed by atoms with Crippen molar-refractivity contribution in [2.45, 2.75) is 0 Å². The van der Waals surface area contributed by atoms with Gasteiger partial charge in [-0.05, 0) is 97.1 Å². The number of hydrogen-bond donors (Lipinski definition) is 0. The van der Waals surface area contributed by atoms with Crippen LogP contribution in [0.15, 0.2) is 97.1 Å². The van der Waals surface area contributed by atoms with Gasteiger partial charge in [-0.15, -0.1) is 10.5 Å². The number of carbonyl (C=O) groups is 2. The highest BCUT2D eigenvalue weighted by molar-refractivity contribution is 6.09. The minimum absolute atomic E-state index is 0.171. The van der Waals surface area contributed by atoms with E-state index in [4.69, 9.17) is 24.7 Å². The Morgan fingerprint density at radius 3 is 0.971 bits per heavy atom. The molecule has 7 nitrogen and oxygen atoms in total. The largest absolute Gasteiger partial charge is 0.457 e. The van der Waals surface area contributed by atoms with Crippen LogP contribution in [0.25, 0.3) is 0 Å². The van der Waals surface area contributed by atoms with Gasteiger partial charge in [0.25, 0.3) is 12.5 Å². The van der Waals surface area contributed by atoms with Gasteiger partial charge in [0.1, 0.15) is 23.0 Å². The second-order valence-corrected chi connectivity index (χ2v) is 7.24. The molecular weight excluding hydrogens is 444 g/mol. The molecule has 0 aliphatic rings. The molecule has 0 saturated carbocycles. The highest BCUT2D eigenvalue weighted by Crippen LogP contribution is 2.24. The third kappa shape index (κ3) is 5.51. The maximum Gasteiger partial charge on any atom is 0.292 e. The first-order valence-electron chi connectivity index (χ1n) is 10.4. The molecule has 0 fully saturated rings. The van der Waals surface area contributed by atoms with Crippen LogP contribution in [-0.2, 0) is 0 Å². The van der Waals surface area contributed by atoms with Gasteiger partial charge in [-0.1, -0.05) is 0 Å². The molecule has 168 valence electrons. The highest BCUT2D eigenvalue weighted by atomic mass is 16.5. The molecule has 0 heterocycles. The molecule has 0 amide bonds. The number of ketones is 2. The van der Waals surface area contributed by atoms with Crippen LogP contribution in [0.4, 0.5) is 0 Å². The Balaban J connectivity index is 1.39. The summed E-state index contributed by atoms with van der Waals surface area (Å²) in [5.74, 6) is 1.45. The summed E-state index contributed by atoms with van der Waals surface area (Å²) >= 11 is 0. The normalized spacial score (nSPS) is 9.89. The molecule has 0 spiro atoms. The fraction of sp³-hybridized carbons (Fsp3) is 0. The topological polar surface area (TPSA) is 109 Å². The number of carbonyl (C=O) groups excluding carboxylic acids is 2. The van der Waals surface area contributed by atoms with Gasteiger partial charge >= 0.3 is 0 Å². The van der Waals surface area contributed by atoms with Crippen LogP contribution >= 0.6 is 0 Å². The summed E-state index contributed by atoms with van der Waals surface area (Å²) in [6.45, 7) is 0. The molecule has 0 saturated heterocycles. The van der Waals surface area contributed by atoms with E-state index in [1.807, 2.05) is 0 Å². The fourth-order valence-corrected chi connectivity index (χ4v) is 3.27. The minimum atomic E-state index is -0.171. The zero-order valence-corrected chi connectivity index (χ0v) is 18.2. The maximum atomic E-state index is 12.7. The van der Waals surface area contributed by atoms with Crippen LogP contribution in [0.5, 0.6) is 23.0 Å². The molecule has 7 heteroatoms. The second kappa shape index (κ2) is 10.5. The number of benzene rings is 4. The molecular formula is C28H16N2O5. The van der Waals surface area contributed by atoms with E-state index < -0.39 is 0 Å². The van der Waals surface area contributed by atoms with Gasteiger partial charge in [0.05, 0.1) is 0 Å². The van der Waals surface area contributed by atoms with Crippen LogP contribution in [0.2, 0.25) is 0 Å². The first-order chi connectivity index (χ1) is 17.1. The van der Waals surface area contributed by atoms with E-state index in [0.717, 1.165) is 0 Å². The lowest BCUT2D eigenvalue weighted by molar-refractivity contribution is 0.103. The van der Waals surface area contributed by atoms with E-state index in [2.05, 4.69) is 0 Å². The van der Waals surface area contributed by atoms with Gasteiger partial charge in [0.15, 0.2) is 11.6 Å². The molecule has 35 heavy (non-hydrogen) atoms. The van der Waals surface area contributed by atoms with Crippen molar-refractivity contribution in [2.75, 3.05) is 0 Å². The van der Waals surface area contributed by atoms with Crippen LogP contribution in [0.3, 0.4) is 0 Å². The van der Waals surface area contributed by atoms with Crippen molar-refractivity contribution in [1.29, 1.82) is 10.5 Å². The number of ether oxygens (including phenoxy) is 3. The van der Waals surface area contributed by atoms with Crippen molar-refractivity contribution in [3.8, 4) is 35.5 Å². The predicted octanol–water partition coefficient (Wildman–Crippen LogP) is 5.66. The molecule has 4 rings (SSSR count). The number of nitrogens with zero attached hydrogens (tertiary/aromatic N) is 2. The van der Waals surface area contributed by atoms with E-state index in [-0.39, 0.29) is 11.6 Å². The zero-order valence-electron chi connectivity index (χ0n) is 18.2. The summed E-state index contributed by atoms with van der Waals surface area (Å²) in [6, 6.07) is 26.0. The Hall–Kier alpha value is -5.40. The molecule has 0 aliphatic heterocycles. The average Bonchev–Trinajstić information content (AvgIpc) is 2.90. The second-order valence-electron chi connectivity index (χ2n) is 7.24. The first-order valence-corrected chi connectivity index (χ1v) is 10.4. The van der Waals surface area contributed by atoms with Crippen molar-refractivity contribution in [3.63, 3.8) is 0 Å². The molecule has 0 atom stereocenters. The van der Waals surface area contributed by atoms with Crippen molar-refractivity contribution >= 4 is 11.6 Å². The van der Waals surface area contributed by atoms with Crippen LogP contribution in [0.1, 0.15) is 31.8 Å². The summed E-state index contributed by atoms with van der Waals surface area (Å²) in [5, 5.41) is 17.1. The molecule has 0 aliphatic carbocycles. The van der Waals surface area contributed by atoms with Gasteiger partial charge in [-0.25, -0.2) is 0 Å². The standard InChI is InChI=1S/C28H16N2O5/c29-17-33-23-9-1-19(2-10-23)27(31)21-5-13-25(14-6-21)35-26-15-7-22(8-16-26)28(32)20-3-11-24(12-4-20)34-18-30/h1-16H. The Morgan fingerprint density at radius 1 is 0.457 bits per heavy atom. The molecule has 0 bridgehead atoms. The predicted molar refractivity (Wildman–Crippen MR) is 125 cm³/mol. The molecule has 4 aromatic carbocycles. The third-order valence-corrected chi connectivity index (χ3v) is 5.03. The molecule has 0 radical (unpaired) electrons. The Labute approximate surface area is 201 Å². The zero-order chi connectivity index (χ0) is 24.6. The number of hydrogen-bond acceptors (Lipinski definition) is 7. The summed E-state index contributed by atoms with van der Waals surface area (Å²) in [6.07, 6.45) is 3.17. The highest BCUT2D eigenvalue weighted by Gasteiger charge is 2.11. The van der Waals surface area contributed by atoms with Gasteiger partial charge in [0, 0.05) is 22.3 Å². The van der Waals surface area contributed by atoms with E-state index in [1.165, 1.54) is 0 Å². The molecule has 4 aromatic rings. The van der Waals surface area contributed by atoms with E-state index in [0.29, 0.717) is 45.3 Å². The SMILES string of the molecule is N#COc1ccc(C(=O)c2ccc(Oc3ccc(C(=O)c4ccc(OC#N)cc4)cc3)cc2)cc1.